The van der Waals surface area contributed by atoms with Crippen molar-refractivity contribution in [2.45, 2.75) is 0 Å². The fourth-order valence-corrected chi connectivity index (χ4v) is 2.73. The predicted octanol–water partition coefficient (Wildman–Crippen LogP) is 3.93. The van der Waals surface area contributed by atoms with Crippen LogP contribution in [0.15, 0.2) is 21.1 Å². The van der Waals surface area contributed by atoms with Gasteiger partial charge in [0, 0.05) is 14.5 Å². The van der Waals surface area contributed by atoms with Crippen LogP contribution in [0.2, 0.25) is 0 Å². The van der Waals surface area contributed by atoms with Crippen molar-refractivity contribution in [3.05, 3.63) is 32.5 Å². The largest absolute Gasteiger partial charge is 0.293 e. The number of hydrogen-bond donors (Lipinski definition) is 0. The molecular weight excluding hydrogens is 371 g/mol. The molecule has 5 heteroatoms. The van der Waals surface area contributed by atoms with E-state index in [9.17, 15) is 9.18 Å². The first-order valence-corrected chi connectivity index (χ1v) is 6.00. The lowest BCUT2D eigenvalue weighted by molar-refractivity contribution is 0.102. The molecule has 0 aliphatic rings. The van der Waals surface area contributed by atoms with Crippen molar-refractivity contribution in [3.8, 4) is 0 Å². The van der Waals surface area contributed by atoms with Gasteiger partial charge in [-0.25, -0.2) is 4.39 Å². The summed E-state index contributed by atoms with van der Waals surface area (Å²) in [6.07, 6.45) is 0. The summed E-state index contributed by atoms with van der Waals surface area (Å²) in [6, 6.07) is 2.53. The van der Waals surface area contributed by atoms with E-state index in [0.29, 0.717) is 14.5 Å². The van der Waals surface area contributed by atoms with Gasteiger partial charge in [-0.1, -0.05) is 15.9 Å². The van der Waals surface area contributed by atoms with Gasteiger partial charge in [-0.05, 0) is 44.0 Å². The topological polar surface area (TPSA) is 17.1 Å². The molecule has 0 saturated heterocycles. The zero-order valence-electron chi connectivity index (χ0n) is 6.28. The van der Waals surface area contributed by atoms with Crippen molar-refractivity contribution >= 4 is 53.6 Å². The minimum absolute atomic E-state index is 0.0984. The summed E-state index contributed by atoms with van der Waals surface area (Å²) >= 11 is 9.31. The van der Waals surface area contributed by atoms with Crippen LogP contribution in [0.5, 0.6) is 0 Å². The van der Waals surface area contributed by atoms with Crippen LogP contribution in [0, 0.1) is 5.82 Å². The third-order valence-electron chi connectivity index (χ3n) is 1.41. The molecule has 0 atom stereocenters. The Hall–Kier alpha value is 0.260. The molecule has 70 valence electrons. The predicted molar refractivity (Wildman–Crippen MR) is 59.9 cm³/mol. The molecule has 0 bridgehead atoms. The standard InChI is InChI=1S/C8H4Br3FO/c9-3-7(13)8-5(10)1-4(12)2-6(8)11/h1-2H,3H2. The molecule has 0 amide bonds. The number of alkyl halides is 1. The van der Waals surface area contributed by atoms with Crippen molar-refractivity contribution < 1.29 is 9.18 Å². The Morgan fingerprint density at radius 1 is 1.31 bits per heavy atom. The number of rotatable bonds is 2. The highest BCUT2D eigenvalue weighted by atomic mass is 79.9. The maximum absolute atomic E-state index is 12.8. The Morgan fingerprint density at radius 3 is 2.15 bits per heavy atom. The fourth-order valence-electron chi connectivity index (χ4n) is 0.875. The summed E-state index contributed by atoms with van der Waals surface area (Å²) in [5.41, 5.74) is 0.457. The number of hydrogen-bond acceptors (Lipinski definition) is 1. The zero-order chi connectivity index (χ0) is 10.0. The Morgan fingerprint density at radius 2 is 1.77 bits per heavy atom. The van der Waals surface area contributed by atoms with E-state index in [0.717, 1.165) is 0 Å². The molecule has 0 aliphatic heterocycles. The van der Waals surface area contributed by atoms with E-state index >= 15 is 0 Å². The van der Waals surface area contributed by atoms with Gasteiger partial charge in [-0.3, -0.25) is 4.79 Å². The van der Waals surface area contributed by atoms with E-state index in [-0.39, 0.29) is 16.9 Å². The molecule has 0 radical (unpaired) electrons. The van der Waals surface area contributed by atoms with Gasteiger partial charge in [0.25, 0.3) is 0 Å². The van der Waals surface area contributed by atoms with Gasteiger partial charge in [0.2, 0.25) is 0 Å². The number of carbonyl (C=O) groups excluding carboxylic acids is 1. The van der Waals surface area contributed by atoms with E-state index in [1.54, 1.807) is 0 Å². The first-order chi connectivity index (χ1) is 6.06. The smallest absolute Gasteiger partial charge is 0.175 e. The molecule has 0 heterocycles. The van der Waals surface area contributed by atoms with Crippen LogP contribution in [-0.4, -0.2) is 11.1 Å². The van der Waals surface area contributed by atoms with Crippen LogP contribution in [0.1, 0.15) is 10.4 Å². The molecule has 0 aromatic heterocycles. The number of halogens is 4. The molecule has 1 nitrogen and oxygen atoms in total. The fraction of sp³-hybridized carbons (Fsp3) is 0.125. The first kappa shape index (κ1) is 11.3. The summed E-state index contributed by atoms with van der Waals surface area (Å²) < 4.78 is 13.7. The molecule has 0 N–H and O–H groups in total. The second-order valence-corrected chi connectivity index (χ2v) is 4.57. The highest BCUT2D eigenvalue weighted by Crippen LogP contribution is 2.27. The van der Waals surface area contributed by atoms with E-state index in [1.165, 1.54) is 12.1 Å². The Kier molecular flexibility index (Phi) is 4.06. The van der Waals surface area contributed by atoms with Crippen LogP contribution in [0.3, 0.4) is 0 Å². The van der Waals surface area contributed by atoms with Crippen molar-refractivity contribution in [2.24, 2.45) is 0 Å². The average molecular weight is 375 g/mol. The zero-order valence-corrected chi connectivity index (χ0v) is 11.0. The van der Waals surface area contributed by atoms with Crippen molar-refractivity contribution in [2.75, 3.05) is 5.33 Å². The monoisotopic (exact) mass is 372 g/mol. The molecule has 0 aliphatic carbocycles. The van der Waals surface area contributed by atoms with Crippen molar-refractivity contribution in [1.29, 1.82) is 0 Å². The van der Waals surface area contributed by atoms with Gasteiger partial charge in [-0.2, -0.15) is 0 Å². The lowest BCUT2D eigenvalue weighted by atomic mass is 10.1. The minimum atomic E-state index is -0.384. The van der Waals surface area contributed by atoms with Crippen molar-refractivity contribution in [3.63, 3.8) is 0 Å². The molecule has 0 saturated carbocycles. The quantitative estimate of drug-likeness (QED) is 0.566. The third-order valence-corrected chi connectivity index (χ3v) is 3.17. The first-order valence-electron chi connectivity index (χ1n) is 3.30. The molecule has 13 heavy (non-hydrogen) atoms. The van der Waals surface area contributed by atoms with Crippen LogP contribution in [0.25, 0.3) is 0 Å². The summed E-state index contributed by atoms with van der Waals surface area (Å²) in [4.78, 5) is 11.3. The number of ketones is 1. The number of Topliss-reactive ketones (excluding diaryl/α,β-unsaturated/α-hetero) is 1. The molecular formula is C8H4Br3FO. The van der Waals surface area contributed by atoms with E-state index in [2.05, 4.69) is 47.8 Å². The molecule has 1 aromatic carbocycles. The summed E-state index contributed by atoms with van der Waals surface area (Å²) in [7, 11) is 0. The Bertz CT molecular complexity index is 328. The van der Waals surface area contributed by atoms with Crippen molar-refractivity contribution in [1.82, 2.24) is 0 Å². The maximum Gasteiger partial charge on any atom is 0.175 e. The summed E-state index contributed by atoms with van der Waals surface area (Å²) in [5, 5.41) is 0.218. The van der Waals surface area contributed by atoms with Gasteiger partial charge in [0.05, 0.1) is 5.33 Å². The Balaban J connectivity index is 3.28. The van der Waals surface area contributed by atoms with Crippen LogP contribution < -0.4 is 0 Å². The number of carbonyl (C=O) groups is 1. The van der Waals surface area contributed by atoms with Crippen LogP contribution in [0.4, 0.5) is 4.39 Å². The van der Waals surface area contributed by atoms with Gasteiger partial charge >= 0.3 is 0 Å². The third kappa shape index (κ3) is 2.60. The van der Waals surface area contributed by atoms with Gasteiger partial charge < -0.3 is 0 Å². The second kappa shape index (κ2) is 4.66. The van der Waals surface area contributed by atoms with Crippen LogP contribution >= 0.6 is 47.8 Å². The molecule has 0 unspecified atom stereocenters. The van der Waals surface area contributed by atoms with E-state index in [1.807, 2.05) is 0 Å². The van der Waals surface area contributed by atoms with E-state index in [4.69, 9.17) is 0 Å². The SMILES string of the molecule is O=C(CBr)c1c(Br)cc(F)cc1Br. The van der Waals surface area contributed by atoms with Crippen LogP contribution in [-0.2, 0) is 0 Å². The number of benzene rings is 1. The lowest BCUT2D eigenvalue weighted by Crippen LogP contribution is -2.02. The minimum Gasteiger partial charge on any atom is -0.293 e. The average Bonchev–Trinajstić information content (AvgIpc) is 2.02. The lowest BCUT2D eigenvalue weighted by Gasteiger charge is -2.04. The molecule has 1 aromatic rings. The highest BCUT2D eigenvalue weighted by molar-refractivity contribution is 9.11. The maximum atomic E-state index is 12.8. The molecule has 1 rings (SSSR count). The molecule has 0 spiro atoms. The Labute approximate surface area is 100 Å². The van der Waals surface area contributed by atoms with Gasteiger partial charge in [0.15, 0.2) is 5.78 Å². The van der Waals surface area contributed by atoms with Gasteiger partial charge in [0.1, 0.15) is 5.82 Å². The second-order valence-electron chi connectivity index (χ2n) is 2.30. The normalized spacial score (nSPS) is 10.2. The summed E-state index contributed by atoms with van der Waals surface area (Å²) in [6.45, 7) is 0. The van der Waals surface area contributed by atoms with E-state index < -0.39 is 0 Å². The highest BCUT2D eigenvalue weighted by Gasteiger charge is 2.13. The summed E-state index contributed by atoms with van der Waals surface area (Å²) in [5.74, 6) is -0.483. The van der Waals surface area contributed by atoms with Gasteiger partial charge in [-0.15, -0.1) is 0 Å². The molecule has 0 fully saturated rings.